The molecule has 1 aliphatic rings. The van der Waals surface area contributed by atoms with E-state index in [1.54, 1.807) is 36.3 Å². The fraction of sp³-hybridized carbons (Fsp3) is 0.524. The molecule has 1 atom stereocenters. The molecule has 31 heavy (non-hydrogen) atoms. The van der Waals surface area contributed by atoms with E-state index in [2.05, 4.69) is 15.5 Å². The number of hydrogen-bond donors (Lipinski definition) is 1. The van der Waals surface area contributed by atoms with Crippen molar-refractivity contribution in [2.24, 2.45) is 13.0 Å². The highest BCUT2D eigenvalue weighted by Gasteiger charge is 2.26. The summed E-state index contributed by atoms with van der Waals surface area (Å²) in [5.74, 6) is 1.60. The minimum atomic E-state index is -0.323. The van der Waals surface area contributed by atoms with Crippen molar-refractivity contribution in [3.05, 3.63) is 35.7 Å². The molecule has 168 valence electrons. The number of methoxy groups -OCH3 is 1. The highest BCUT2D eigenvalue weighted by atomic mass is 32.2. The second kappa shape index (κ2) is 10.6. The zero-order valence-corrected chi connectivity index (χ0v) is 19.1. The van der Waals surface area contributed by atoms with Crippen LogP contribution in [-0.2, 0) is 16.6 Å². The Morgan fingerprint density at radius 2 is 1.87 bits per heavy atom. The molecule has 0 spiro atoms. The van der Waals surface area contributed by atoms with Gasteiger partial charge >= 0.3 is 0 Å². The topological polar surface area (TPSA) is 98.6 Å². The van der Waals surface area contributed by atoms with Crippen LogP contribution in [0, 0.1) is 5.92 Å². The van der Waals surface area contributed by atoms with Crippen molar-refractivity contribution in [1.82, 2.24) is 25.0 Å². The van der Waals surface area contributed by atoms with Crippen LogP contribution in [-0.4, -0.2) is 70.6 Å². The molecule has 0 bridgehead atoms. The Kier molecular flexibility index (Phi) is 7.91. The van der Waals surface area contributed by atoms with Crippen LogP contribution in [0.4, 0.5) is 0 Å². The number of morpholine rings is 1. The van der Waals surface area contributed by atoms with Crippen molar-refractivity contribution in [2.75, 3.05) is 39.2 Å². The lowest BCUT2D eigenvalue weighted by Gasteiger charge is -2.26. The number of carbonyl (C=O) groups excluding carboxylic acids is 2. The van der Waals surface area contributed by atoms with E-state index in [-0.39, 0.29) is 29.5 Å². The number of benzene rings is 1. The fourth-order valence-corrected chi connectivity index (χ4v) is 4.07. The molecule has 0 radical (unpaired) electrons. The van der Waals surface area contributed by atoms with Gasteiger partial charge in [0.15, 0.2) is 11.0 Å². The summed E-state index contributed by atoms with van der Waals surface area (Å²) < 4.78 is 12.3. The minimum Gasteiger partial charge on any atom is -0.497 e. The SMILES string of the molecule is COc1ccc(C(=O)N[C@@H](c2nnc(SCC(=O)N3CCOCC3)n2C)C(C)C)cc1. The second-order valence-corrected chi connectivity index (χ2v) is 8.55. The number of hydrogen-bond acceptors (Lipinski definition) is 7. The van der Waals surface area contributed by atoms with Crippen LogP contribution in [0.3, 0.4) is 0 Å². The summed E-state index contributed by atoms with van der Waals surface area (Å²) in [7, 11) is 3.44. The molecule has 3 rings (SSSR count). The second-order valence-electron chi connectivity index (χ2n) is 7.61. The Morgan fingerprint density at radius 1 is 1.19 bits per heavy atom. The molecule has 0 aliphatic carbocycles. The molecule has 1 aromatic heterocycles. The summed E-state index contributed by atoms with van der Waals surface area (Å²) in [4.78, 5) is 27.0. The van der Waals surface area contributed by atoms with E-state index >= 15 is 0 Å². The van der Waals surface area contributed by atoms with Crippen LogP contribution >= 0.6 is 11.8 Å². The summed E-state index contributed by atoms with van der Waals surface area (Å²) in [6.45, 7) is 6.43. The van der Waals surface area contributed by atoms with Gasteiger partial charge in [-0.15, -0.1) is 10.2 Å². The molecule has 1 aromatic carbocycles. The van der Waals surface area contributed by atoms with Gasteiger partial charge in [0.25, 0.3) is 5.91 Å². The highest BCUT2D eigenvalue weighted by molar-refractivity contribution is 7.99. The predicted molar refractivity (Wildman–Crippen MR) is 117 cm³/mol. The van der Waals surface area contributed by atoms with Gasteiger partial charge in [0.1, 0.15) is 5.75 Å². The first-order valence-electron chi connectivity index (χ1n) is 10.2. The lowest BCUT2D eigenvalue weighted by molar-refractivity contribution is -0.132. The average molecular weight is 448 g/mol. The first-order chi connectivity index (χ1) is 14.9. The molecule has 1 N–H and O–H groups in total. The number of nitrogens with zero attached hydrogens (tertiary/aromatic N) is 4. The molecule has 0 unspecified atom stereocenters. The third-order valence-corrected chi connectivity index (χ3v) is 6.15. The number of nitrogens with one attached hydrogen (secondary N) is 1. The maximum absolute atomic E-state index is 12.8. The van der Waals surface area contributed by atoms with Gasteiger partial charge in [0.2, 0.25) is 5.91 Å². The van der Waals surface area contributed by atoms with Gasteiger partial charge in [-0.3, -0.25) is 9.59 Å². The smallest absolute Gasteiger partial charge is 0.251 e. The lowest BCUT2D eigenvalue weighted by atomic mass is 10.0. The first-order valence-corrected chi connectivity index (χ1v) is 11.2. The largest absolute Gasteiger partial charge is 0.497 e. The zero-order chi connectivity index (χ0) is 22.4. The van der Waals surface area contributed by atoms with E-state index in [0.29, 0.717) is 48.6 Å². The monoisotopic (exact) mass is 447 g/mol. The average Bonchev–Trinajstić information content (AvgIpc) is 3.15. The van der Waals surface area contributed by atoms with Crippen molar-refractivity contribution in [3.8, 4) is 5.75 Å². The van der Waals surface area contributed by atoms with Crippen LogP contribution in [0.25, 0.3) is 0 Å². The maximum atomic E-state index is 12.8. The molecule has 9 nitrogen and oxygen atoms in total. The summed E-state index contributed by atoms with van der Waals surface area (Å²) in [5.41, 5.74) is 0.541. The van der Waals surface area contributed by atoms with Gasteiger partial charge in [0.05, 0.1) is 32.1 Å². The third kappa shape index (κ3) is 5.76. The van der Waals surface area contributed by atoms with E-state index < -0.39 is 0 Å². The van der Waals surface area contributed by atoms with Gasteiger partial charge in [-0.2, -0.15) is 0 Å². The van der Waals surface area contributed by atoms with E-state index in [1.165, 1.54) is 11.8 Å². The Balaban J connectivity index is 1.66. The van der Waals surface area contributed by atoms with E-state index in [9.17, 15) is 9.59 Å². The van der Waals surface area contributed by atoms with Crippen LogP contribution in [0.15, 0.2) is 29.4 Å². The van der Waals surface area contributed by atoms with Crippen LogP contribution in [0.1, 0.15) is 36.1 Å². The normalized spacial score (nSPS) is 15.1. The van der Waals surface area contributed by atoms with Gasteiger partial charge in [0, 0.05) is 25.7 Å². The number of thioether (sulfide) groups is 1. The Bertz CT molecular complexity index is 894. The molecule has 1 aliphatic heterocycles. The van der Waals surface area contributed by atoms with Gasteiger partial charge in [-0.05, 0) is 30.2 Å². The van der Waals surface area contributed by atoms with Crippen molar-refractivity contribution >= 4 is 23.6 Å². The first kappa shape index (κ1) is 23.1. The van der Waals surface area contributed by atoms with Crippen LogP contribution in [0.2, 0.25) is 0 Å². The van der Waals surface area contributed by atoms with E-state index in [1.807, 2.05) is 25.5 Å². The van der Waals surface area contributed by atoms with Gasteiger partial charge in [-0.25, -0.2) is 0 Å². The lowest BCUT2D eigenvalue weighted by Crippen LogP contribution is -2.41. The molecular formula is C21H29N5O4S. The number of rotatable bonds is 8. The van der Waals surface area contributed by atoms with Crippen molar-refractivity contribution < 1.29 is 19.1 Å². The molecule has 2 heterocycles. The maximum Gasteiger partial charge on any atom is 0.251 e. The summed E-state index contributed by atoms with van der Waals surface area (Å²) in [5, 5.41) is 12.3. The van der Waals surface area contributed by atoms with Crippen molar-refractivity contribution in [2.45, 2.75) is 25.0 Å². The molecular weight excluding hydrogens is 418 g/mol. The minimum absolute atomic E-state index is 0.0612. The van der Waals surface area contributed by atoms with Crippen LogP contribution in [0.5, 0.6) is 5.75 Å². The number of aromatic nitrogens is 3. The Morgan fingerprint density at radius 3 is 2.48 bits per heavy atom. The van der Waals surface area contributed by atoms with E-state index in [0.717, 1.165) is 0 Å². The third-order valence-electron chi connectivity index (χ3n) is 5.14. The highest BCUT2D eigenvalue weighted by Crippen LogP contribution is 2.25. The number of carbonyl (C=O) groups is 2. The fourth-order valence-electron chi connectivity index (χ4n) is 3.25. The molecule has 1 fully saturated rings. The molecule has 0 saturated carbocycles. The number of amides is 2. The standard InChI is InChI=1S/C21H29N5O4S/c1-14(2)18(22-20(28)15-5-7-16(29-4)8-6-15)19-23-24-21(25(19)3)31-13-17(27)26-9-11-30-12-10-26/h5-8,14,18H,9-13H2,1-4H3,(H,22,28)/t18-/m1/s1. The summed E-state index contributed by atoms with van der Waals surface area (Å²) in [6, 6.07) is 6.63. The predicted octanol–water partition coefficient (Wildman–Crippen LogP) is 1.90. The molecule has 2 amide bonds. The van der Waals surface area contributed by atoms with Crippen LogP contribution < -0.4 is 10.1 Å². The zero-order valence-electron chi connectivity index (χ0n) is 18.3. The van der Waals surface area contributed by atoms with E-state index in [4.69, 9.17) is 9.47 Å². The summed E-state index contributed by atoms with van der Waals surface area (Å²) in [6.07, 6.45) is 0. The van der Waals surface area contributed by atoms with Crippen molar-refractivity contribution in [1.29, 1.82) is 0 Å². The Hall–Kier alpha value is -2.59. The summed E-state index contributed by atoms with van der Waals surface area (Å²) >= 11 is 1.35. The quantitative estimate of drug-likeness (QED) is 0.617. The van der Waals surface area contributed by atoms with Gasteiger partial charge in [-0.1, -0.05) is 25.6 Å². The molecule has 2 aromatic rings. The van der Waals surface area contributed by atoms with Gasteiger partial charge < -0.3 is 24.3 Å². The molecule has 10 heteroatoms. The Labute approximate surface area is 186 Å². The number of ether oxygens (including phenoxy) is 2. The molecule has 1 saturated heterocycles. The van der Waals surface area contributed by atoms with Crippen molar-refractivity contribution in [3.63, 3.8) is 0 Å².